The Morgan fingerprint density at radius 3 is 2.80 bits per heavy atom. The molecule has 1 atom stereocenters. The molecule has 15 heavy (non-hydrogen) atoms. The molecule has 0 aliphatic heterocycles. The predicted octanol–water partition coefficient (Wildman–Crippen LogP) is 0.796. The van der Waals surface area contributed by atoms with E-state index in [0.29, 0.717) is 11.7 Å². The summed E-state index contributed by atoms with van der Waals surface area (Å²) in [5.74, 6) is 6.21. The highest BCUT2D eigenvalue weighted by molar-refractivity contribution is 5.51. The zero-order chi connectivity index (χ0) is 11.3. The van der Waals surface area contributed by atoms with Crippen molar-refractivity contribution in [1.29, 1.82) is 0 Å². The first kappa shape index (κ1) is 11.7. The van der Waals surface area contributed by atoms with Crippen LogP contribution in [0.3, 0.4) is 0 Å². The second kappa shape index (κ2) is 5.53. The second-order valence-electron chi connectivity index (χ2n) is 3.75. The molecule has 0 aliphatic rings. The third-order valence-corrected chi connectivity index (χ3v) is 2.26. The van der Waals surface area contributed by atoms with E-state index in [9.17, 15) is 0 Å². The first-order valence-electron chi connectivity index (χ1n) is 4.97. The number of nitrogens with one attached hydrogen (secondary N) is 2. The molecule has 0 radical (unpaired) electrons. The standard InChI is InChI=1S/C10H18N4O/c1-7(2)9(6-15)13-8-3-4-12-10(5-8)14-11/h3-5,7,9,15H,6,11H2,1-2H3,(H2,12,13,14)/t9-/m1/s1. The van der Waals surface area contributed by atoms with E-state index in [-0.39, 0.29) is 12.6 Å². The Hall–Kier alpha value is -1.33. The first-order chi connectivity index (χ1) is 7.17. The maximum Gasteiger partial charge on any atom is 0.141 e. The van der Waals surface area contributed by atoms with E-state index in [1.807, 2.05) is 6.07 Å². The van der Waals surface area contributed by atoms with Crippen LogP contribution in [-0.2, 0) is 0 Å². The van der Waals surface area contributed by atoms with Gasteiger partial charge in [-0.2, -0.15) is 0 Å². The van der Waals surface area contributed by atoms with Gasteiger partial charge >= 0.3 is 0 Å². The minimum atomic E-state index is 0.0398. The Morgan fingerprint density at radius 1 is 1.53 bits per heavy atom. The number of nitrogens with zero attached hydrogens (tertiary/aromatic N) is 1. The maximum absolute atomic E-state index is 9.17. The Morgan fingerprint density at radius 2 is 2.27 bits per heavy atom. The number of pyridine rings is 1. The molecule has 0 aromatic carbocycles. The van der Waals surface area contributed by atoms with Crippen molar-refractivity contribution in [2.75, 3.05) is 17.3 Å². The third-order valence-electron chi connectivity index (χ3n) is 2.26. The molecule has 0 saturated carbocycles. The van der Waals surface area contributed by atoms with E-state index in [0.717, 1.165) is 5.69 Å². The summed E-state index contributed by atoms with van der Waals surface area (Å²) in [5, 5.41) is 12.4. The van der Waals surface area contributed by atoms with Gasteiger partial charge in [-0.3, -0.25) is 0 Å². The van der Waals surface area contributed by atoms with Crippen molar-refractivity contribution in [3.63, 3.8) is 0 Å². The predicted molar refractivity (Wildman–Crippen MR) is 61.4 cm³/mol. The summed E-state index contributed by atoms with van der Waals surface area (Å²) in [4.78, 5) is 4.00. The summed E-state index contributed by atoms with van der Waals surface area (Å²) < 4.78 is 0. The molecule has 0 fully saturated rings. The molecule has 0 bridgehead atoms. The van der Waals surface area contributed by atoms with E-state index in [1.54, 1.807) is 12.3 Å². The summed E-state index contributed by atoms with van der Waals surface area (Å²) in [7, 11) is 0. The van der Waals surface area contributed by atoms with Crippen molar-refractivity contribution in [3.8, 4) is 0 Å². The average molecular weight is 210 g/mol. The molecule has 1 aromatic rings. The molecule has 0 unspecified atom stereocenters. The van der Waals surface area contributed by atoms with E-state index in [2.05, 4.69) is 29.6 Å². The van der Waals surface area contributed by atoms with Crippen LogP contribution >= 0.6 is 0 Å². The largest absolute Gasteiger partial charge is 0.394 e. The molecule has 0 spiro atoms. The van der Waals surface area contributed by atoms with Crippen molar-refractivity contribution >= 4 is 11.5 Å². The highest BCUT2D eigenvalue weighted by Gasteiger charge is 2.11. The first-order valence-corrected chi connectivity index (χ1v) is 4.97. The number of aromatic nitrogens is 1. The summed E-state index contributed by atoms with van der Waals surface area (Å²) >= 11 is 0. The highest BCUT2D eigenvalue weighted by atomic mass is 16.3. The van der Waals surface area contributed by atoms with Gasteiger partial charge in [-0.15, -0.1) is 0 Å². The summed E-state index contributed by atoms with van der Waals surface area (Å²) in [6.45, 7) is 4.21. The number of hydrogen-bond acceptors (Lipinski definition) is 5. The number of aliphatic hydroxyl groups excluding tert-OH is 1. The highest BCUT2D eigenvalue weighted by Crippen LogP contribution is 2.14. The van der Waals surface area contributed by atoms with Gasteiger partial charge in [0.1, 0.15) is 5.82 Å². The number of hydrogen-bond donors (Lipinski definition) is 4. The zero-order valence-electron chi connectivity index (χ0n) is 9.07. The minimum Gasteiger partial charge on any atom is -0.394 e. The van der Waals surface area contributed by atoms with Gasteiger partial charge in [0.25, 0.3) is 0 Å². The lowest BCUT2D eigenvalue weighted by Crippen LogP contribution is -2.29. The van der Waals surface area contributed by atoms with Gasteiger partial charge in [-0.25, -0.2) is 10.8 Å². The lowest BCUT2D eigenvalue weighted by Gasteiger charge is -2.21. The fourth-order valence-electron chi connectivity index (χ4n) is 1.24. The van der Waals surface area contributed by atoms with E-state index < -0.39 is 0 Å². The van der Waals surface area contributed by atoms with Gasteiger partial charge in [-0.1, -0.05) is 13.8 Å². The Labute approximate surface area is 89.7 Å². The monoisotopic (exact) mass is 210 g/mol. The topological polar surface area (TPSA) is 83.2 Å². The average Bonchev–Trinajstić information content (AvgIpc) is 2.25. The number of rotatable bonds is 5. The van der Waals surface area contributed by atoms with Gasteiger partial charge in [0.05, 0.1) is 12.6 Å². The van der Waals surface area contributed by atoms with Crippen LogP contribution in [0.15, 0.2) is 18.3 Å². The molecule has 5 N–H and O–H groups in total. The van der Waals surface area contributed by atoms with Crippen LogP contribution in [0.25, 0.3) is 0 Å². The van der Waals surface area contributed by atoms with Crippen LogP contribution in [0, 0.1) is 5.92 Å². The zero-order valence-corrected chi connectivity index (χ0v) is 9.07. The molecule has 5 nitrogen and oxygen atoms in total. The quantitative estimate of drug-likeness (QED) is 0.427. The second-order valence-corrected chi connectivity index (χ2v) is 3.75. The van der Waals surface area contributed by atoms with Crippen molar-refractivity contribution in [2.45, 2.75) is 19.9 Å². The Bertz CT molecular complexity index is 303. The van der Waals surface area contributed by atoms with Crippen LogP contribution in [0.1, 0.15) is 13.8 Å². The van der Waals surface area contributed by atoms with Crippen molar-refractivity contribution in [2.24, 2.45) is 11.8 Å². The van der Waals surface area contributed by atoms with Crippen LogP contribution < -0.4 is 16.6 Å². The molecule has 84 valence electrons. The van der Waals surface area contributed by atoms with Crippen LogP contribution in [0.4, 0.5) is 11.5 Å². The summed E-state index contributed by atoms with van der Waals surface area (Å²) in [5.41, 5.74) is 3.37. The Balaban J connectivity index is 2.70. The lowest BCUT2D eigenvalue weighted by molar-refractivity contribution is 0.249. The summed E-state index contributed by atoms with van der Waals surface area (Å²) in [6.07, 6.45) is 1.66. The van der Waals surface area contributed by atoms with Crippen molar-refractivity contribution in [1.82, 2.24) is 4.98 Å². The normalized spacial score (nSPS) is 12.6. The number of nitrogens with two attached hydrogens (primary N) is 1. The smallest absolute Gasteiger partial charge is 0.141 e. The fourth-order valence-corrected chi connectivity index (χ4v) is 1.24. The number of aliphatic hydroxyl groups is 1. The van der Waals surface area contributed by atoms with Crippen LogP contribution in [-0.4, -0.2) is 22.7 Å². The van der Waals surface area contributed by atoms with Gasteiger partial charge < -0.3 is 15.8 Å². The number of anilines is 2. The van der Waals surface area contributed by atoms with Gasteiger partial charge in [-0.05, 0) is 12.0 Å². The van der Waals surface area contributed by atoms with Gasteiger partial charge in [0, 0.05) is 18.0 Å². The van der Waals surface area contributed by atoms with Crippen molar-refractivity contribution < 1.29 is 5.11 Å². The number of nitrogen functional groups attached to an aromatic ring is 1. The summed E-state index contributed by atoms with van der Waals surface area (Å²) in [6, 6.07) is 3.68. The molecule has 1 rings (SSSR count). The maximum atomic E-state index is 9.17. The molecule has 0 amide bonds. The fraction of sp³-hybridized carbons (Fsp3) is 0.500. The molecular weight excluding hydrogens is 192 g/mol. The molecule has 1 aromatic heterocycles. The van der Waals surface area contributed by atoms with Gasteiger partial charge in [0.2, 0.25) is 0 Å². The van der Waals surface area contributed by atoms with Crippen LogP contribution in [0.2, 0.25) is 0 Å². The number of hydrazine groups is 1. The Kier molecular flexibility index (Phi) is 4.33. The van der Waals surface area contributed by atoms with E-state index in [4.69, 9.17) is 10.9 Å². The molecular formula is C10H18N4O. The minimum absolute atomic E-state index is 0.0398. The molecule has 0 saturated heterocycles. The lowest BCUT2D eigenvalue weighted by atomic mass is 10.1. The van der Waals surface area contributed by atoms with E-state index in [1.165, 1.54) is 0 Å². The molecule has 0 aliphatic carbocycles. The third kappa shape index (κ3) is 3.38. The SMILES string of the molecule is CC(C)[C@@H](CO)Nc1ccnc(NN)c1. The molecule has 1 heterocycles. The molecule has 5 heteroatoms. The van der Waals surface area contributed by atoms with Gasteiger partial charge in [0.15, 0.2) is 0 Å². The van der Waals surface area contributed by atoms with Crippen molar-refractivity contribution in [3.05, 3.63) is 18.3 Å². The van der Waals surface area contributed by atoms with E-state index >= 15 is 0 Å². The van der Waals surface area contributed by atoms with Crippen LogP contribution in [0.5, 0.6) is 0 Å².